The van der Waals surface area contributed by atoms with Gasteiger partial charge < -0.3 is 5.32 Å². The van der Waals surface area contributed by atoms with Crippen molar-refractivity contribution in [3.05, 3.63) is 76.1 Å². The Bertz CT molecular complexity index is 996. The Morgan fingerprint density at radius 1 is 1.23 bits per heavy atom. The van der Waals surface area contributed by atoms with Crippen molar-refractivity contribution in [2.45, 2.75) is 32.9 Å². The smallest absolute Gasteiger partial charge is 0.261 e. The molecule has 1 N–H and O–H groups in total. The summed E-state index contributed by atoms with van der Waals surface area (Å²) in [6, 6.07) is 11.7. The van der Waals surface area contributed by atoms with E-state index >= 15 is 0 Å². The van der Waals surface area contributed by atoms with Crippen molar-refractivity contribution in [2.75, 3.05) is 0 Å². The molecule has 0 aliphatic rings. The molecule has 1 amide bonds. The van der Waals surface area contributed by atoms with Gasteiger partial charge in [-0.1, -0.05) is 31.2 Å². The molecule has 0 aliphatic heterocycles. The summed E-state index contributed by atoms with van der Waals surface area (Å²) in [7, 11) is 0. The van der Waals surface area contributed by atoms with Gasteiger partial charge in [0, 0.05) is 6.07 Å². The largest absolute Gasteiger partial charge is 0.348 e. The fraction of sp³-hybridized carbons (Fsp3) is 0.250. The van der Waals surface area contributed by atoms with E-state index in [2.05, 4.69) is 17.2 Å². The maximum absolute atomic E-state index is 13.2. The first-order valence-electron chi connectivity index (χ1n) is 8.51. The van der Waals surface area contributed by atoms with E-state index in [0.29, 0.717) is 0 Å². The van der Waals surface area contributed by atoms with Crippen molar-refractivity contribution in [3.8, 4) is 0 Å². The lowest BCUT2D eigenvalue weighted by molar-refractivity contribution is -0.122. The number of nitrogens with one attached hydrogen (secondary N) is 1. The molecular weight excluding hydrogens is 333 g/mol. The first kappa shape index (κ1) is 17.8. The summed E-state index contributed by atoms with van der Waals surface area (Å²) in [4.78, 5) is 28.8. The van der Waals surface area contributed by atoms with Crippen molar-refractivity contribution >= 4 is 16.8 Å². The highest BCUT2D eigenvalue weighted by atomic mass is 19.1. The summed E-state index contributed by atoms with van der Waals surface area (Å²) in [5.74, 6) is -0.745. The van der Waals surface area contributed by atoms with Crippen LogP contribution >= 0.6 is 0 Å². The topological polar surface area (TPSA) is 64.0 Å². The van der Waals surface area contributed by atoms with Crippen LogP contribution in [0, 0.1) is 5.82 Å². The number of benzene rings is 2. The monoisotopic (exact) mass is 353 g/mol. The van der Waals surface area contributed by atoms with Crippen LogP contribution in [0.4, 0.5) is 4.39 Å². The third kappa shape index (κ3) is 3.79. The lowest BCUT2D eigenvalue weighted by atomic mass is 10.1. The Labute approximate surface area is 150 Å². The van der Waals surface area contributed by atoms with E-state index in [-0.39, 0.29) is 35.0 Å². The highest BCUT2D eigenvalue weighted by Crippen LogP contribution is 2.14. The third-order valence-electron chi connectivity index (χ3n) is 4.37. The van der Waals surface area contributed by atoms with E-state index in [1.165, 1.54) is 34.7 Å². The fourth-order valence-electron chi connectivity index (χ4n) is 2.81. The number of aromatic nitrogens is 2. The lowest BCUT2D eigenvalue weighted by Crippen LogP contribution is -2.34. The van der Waals surface area contributed by atoms with Crippen LogP contribution in [-0.4, -0.2) is 15.5 Å². The number of carbonyl (C=O) groups is 1. The second-order valence-corrected chi connectivity index (χ2v) is 6.22. The Balaban J connectivity index is 1.73. The number of amides is 1. The molecule has 0 radical (unpaired) electrons. The summed E-state index contributed by atoms with van der Waals surface area (Å²) >= 11 is 0. The molecule has 5 nitrogen and oxygen atoms in total. The first-order valence-corrected chi connectivity index (χ1v) is 8.51. The zero-order valence-electron chi connectivity index (χ0n) is 14.7. The predicted octanol–water partition coefficient (Wildman–Crippen LogP) is 2.98. The van der Waals surface area contributed by atoms with E-state index in [9.17, 15) is 14.0 Å². The summed E-state index contributed by atoms with van der Waals surface area (Å²) in [5.41, 5.74) is 2.13. The van der Waals surface area contributed by atoms with Gasteiger partial charge in [-0.3, -0.25) is 14.2 Å². The quantitative estimate of drug-likeness (QED) is 0.767. The minimum absolute atomic E-state index is 0.142. The molecule has 134 valence electrons. The van der Waals surface area contributed by atoms with Gasteiger partial charge in [-0.15, -0.1) is 0 Å². The number of aryl methyl sites for hydroxylation is 1. The minimum Gasteiger partial charge on any atom is -0.348 e. The van der Waals surface area contributed by atoms with Crippen LogP contribution in [0.3, 0.4) is 0 Å². The van der Waals surface area contributed by atoms with Gasteiger partial charge in [0.1, 0.15) is 12.4 Å². The number of nitrogens with zero attached hydrogens (tertiary/aromatic N) is 2. The van der Waals surface area contributed by atoms with Crippen molar-refractivity contribution < 1.29 is 9.18 Å². The second kappa shape index (κ2) is 7.47. The molecule has 1 atom stereocenters. The molecular formula is C20H20FN3O2. The molecule has 26 heavy (non-hydrogen) atoms. The molecule has 2 aromatic carbocycles. The molecule has 1 unspecified atom stereocenters. The average molecular weight is 353 g/mol. The molecule has 0 bridgehead atoms. The fourth-order valence-corrected chi connectivity index (χ4v) is 2.81. The summed E-state index contributed by atoms with van der Waals surface area (Å²) < 4.78 is 14.4. The minimum atomic E-state index is -0.456. The zero-order chi connectivity index (χ0) is 18.7. The van der Waals surface area contributed by atoms with Crippen molar-refractivity contribution in [3.63, 3.8) is 0 Å². The lowest BCUT2D eigenvalue weighted by Gasteiger charge is -2.15. The molecule has 0 spiro atoms. The number of hydrogen-bond donors (Lipinski definition) is 1. The Kier molecular flexibility index (Phi) is 5.11. The maximum Gasteiger partial charge on any atom is 0.261 e. The third-order valence-corrected chi connectivity index (χ3v) is 4.37. The molecule has 1 aromatic heterocycles. The van der Waals surface area contributed by atoms with Gasteiger partial charge in [0.2, 0.25) is 5.91 Å². The van der Waals surface area contributed by atoms with Crippen molar-refractivity contribution in [2.24, 2.45) is 0 Å². The van der Waals surface area contributed by atoms with Crippen LogP contribution in [-0.2, 0) is 17.8 Å². The maximum atomic E-state index is 13.2. The van der Waals surface area contributed by atoms with E-state index in [4.69, 9.17) is 0 Å². The number of carbonyl (C=O) groups excluding carboxylic acids is 1. The van der Waals surface area contributed by atoms with Crippen LogP contribution in [0.1, 0.15) is 31.0 Å². The number of halogens is 1. The predicted molar refractivity (Wildman–Crippen MR) is 98.3 cm³/mol. The van der Waals surface area contributed by atoms with E-state index in [1.807, 2.05) is 31.2 Å². The van der Waals surface area contributed by atoms with Gasteiger partial charge >= 0.3 is 0 Å². The van der Waals surface area contributed by atoms with Crippen molar-refractivity contribution in [1.29, 1.82) is 0 Å². The average Bonchev–Trinajstić information content (AvgIpc) is 2.64. The normalized spacial score (nSPS) is 12.1. The van der Waals surface area contributed by atoms with Gasteiger partial charge in [-0.25, -0.2) is 9.37 Å². The first-order chi connectivity index (χ1) is 12.5. The second-order valence-electron chi connectivity index (χ2n) is 6.22. The number of rotatable bonds is 5. The van der Waals surface area contributed by atoms with Gasteiger partial charge in [0.25, 0.3) is 5.56 Å². The van der Waals surface area contributed by atoms with Crippen LogP contribution < -0.4 is 10.9 Å². The van der Waals surface area contributed by atoms with Gasteiger partial charge in [-0.05, 0) is 36.6 Å². The van der Waals surface area contributed by atoms with Crippen LogP contribution in [0.15, 0.2) is 53.6 Å². The van der Waals surface area contributed by atoms with Crippen molar-refractivity contribution in [1.82, 2.24) is 14.9 Å². The molecule has 3 rings (SSSR count). The molecule has 0 saturated carbocycles. The number of hydrogen-bond acceptors (Lipinski definition) is 3. The van der Waals surface area contributed by atoms with Gasteiger partial charge in [0.05, 0.1) is 23.3 Å². The summed E-state index contributed by atoms with van der Waals surface area (Å²) in [5, 5.41) is 3.16. The van der Waals surface area contributed by atoms with E-state index in [0.717, 1.165) is 12.0 Å². The molecule has 6 heteroatoms. The number of fused-ring (bicyclic) bond motifs is 1. The Hall–Kier alpha value is -3.02. The SMILES string of the molecule is CCc1ccc(C(C)NC(=O)Cn2cnc3cc(F)ccc3c2=O)cc1. The molecule has 0 saturated heterocycles. The van der Waals surface area contributed by atoms with E-state index in [1.54, 1.807) is 0 Å². The van der Waals surface area contributed by atoms with Gasteiger partial charge in [-0.2, -0.15) is 0 Å². The molecule has 3 aromatic rings. The van der Waals surface area contributed by atoms with Gasteiger partial charge in [0.15, 0.2) is 0 Å². The van der Waals surface area contributed by atoms with Crippen LogP contribution in [0.5, 0.6) is 0 Å². The summed E-state index contributed by atoms with van der Waals surface area (Å²) in [6.45, 7) is 3.84. The Morgan fingerprint density at radius 3 is 2.65 bits per heavy atom. The van der Waals surface area contributed by atoms with Crippen LogP contribution in [0.2, 0.25) is 0 Å². The molecule has 0 aliphatic carbocycles. The summed E-state index contributed by atoms with van der Waals surface area (Å²) in [6.07, 6.45) is 2.23. The molecule has 1 heterocycles. The Morgan fingerprint density at radius 2 is 1.96 bits per heavy atom. The standard InChI is InChI=1S/C20H20FN3O2/c1-3-14-4-6-15(7-5-14)13(2)23-19(25)11-24-12-22-18-10-16(21)8-9-17(18)20(24)26/h4-10,12-13H,3,11H2,1-2H3,(H,23,25). The van der Waals surface area contributed by atoms with Crippen LogP contribution in [0.25, 0.3) is 10.9 Å². The highest BCUT2D eigenvalue weighted by molar-refractivity contribution is 5.79. The highest BCUT2D eigenvalue weighted by Gasteiger charge is 2.12. The zero-order valence-corrected chi connectivity index (χ0v) is 14.7. The molecule has 0 fully saturated rings. The van der Waals surface area contributed by atoms with E-state index < -0.39 is 5.82 Å².